The van der Waals surface area contributed by atoms with Gasteiger partial charge in [0.05, 0.1) is 22.3 Å². The summed E-state index contributed by atoms with van der Waals surface area (Å²) in [5.41, 5.74) is -0.289. The van der Waals surface area contributed by atoms with Crippen LogP contribution in [0.1, 0.15) is 38.1 Å². The molecule has 1 unspecified atom stereocenters. The first-order valence-corrected chi connectivity index (χ1v) is 10.6. The number of nitrogens with zero attached hydrogens (tertiary/aromatic N) is 3. The van der Waals surface area contributed by atoms with E-state index in [-0.39, 0.29) is 49.2 Å². The van der Waals surface area contributed by atoms with Gasteiger partial charge in [-0.05, 0) is 55.5 Å². The first kappa shape index (κ1) is 22.3. The summed E-state index contributed by atoms with van der Waals surface area (Å²) in [6.07, 6.45) is 2.71. The van der Waals surface area contributed by atoms with E-state index in [0.29, 0.717) is 10.5 Å². The third-order valence-electron chi connectivity index (χ3n) is 5.76. The molecule has 0 bridgehead atoms. The SMILES string of the molecule is O=C(Nc1ccc(Cl)cn1)C(CC1CCC(F)(F)CC1)n1cnc2ccc(F)cc2c1=O. The van der Waals surface area contributed by atoms with Crippen molar-refractivity contribution in [3.05, 3.63) is 64.0 Å². The van der Waals surface area contributed by atoms with Gasteiger partial charge in [0.1, 0.15) is 17.7 Å². The van der Waals surface area contributed by atoms with Crippen LogP contribution in [0.3, 0.4) is 0 Å². The zero-order valence-corrected chi connectivity index (χ0v) is 17.7. The number of hydrogen-bond donors (Lipinski definition) is 1. The molecule has 1 aliphatic carbocycles. The van der Waals surface area contributed by atoms with Crippen molar-refractivity contribution in [2.24, 2.45) is 5.92 Å². The van der Waals surface area contributed by atoms with Crippen molar-refractivity contribution >= 4 is 34.2 Å². The number of nitrogens with one attached hydrogen (secondary N) is 1. The third-order valence-corrected chi connectivity index (χ3v) is 5.98. The Labute approximate surface area is 186 Å². The zero-order chi connectivity index (χ0) is 22.9. The Bertz CT molecular complexity index is 1190. The maximum Gasteiger partial charge on any atom is 0.262 e. The van der Waals surface area contributed by atoms with Gasteiger partial charge < -0.3 is 5.32 Å². The van der Waals surface area contributed by atoms with E-state index < -0.39 is 29.2 Å². The van der Waals surface area contributed by atoms with Gasteiger partial charge in [-0.2, -0.15) is 0 Å². The summed E-state index contributed by atoms with van der Waals surface area (Å²) in [6, 6.07) is 5.67. The molecule has 0 aliphatic heterocycles. The fourth-order valence-electron chi connectivity index (χ4n) is 3.99. The van der Waals surface area contributed by atoms with Crippen LogP contribution < -0.4 is 10.9 Å². The molecule has 1 N–H and O–H groups in total. The van der Waals surface area contributed by atoms with Gasteiger partial charge in [0.2, 0.25) is 11.8 Å². The van der Waals surface area contributed by atoms with Gasteiger partial charge in [0, 0.05) is 19.0 Å². The number of amides is 1. The smallest absolute Gasteiger partial charge is 0.262 e. The Kier molecular flexibility index (Phi) is 6.19. The molecular formula is C22H20ClF3N4O2. The lowest BCUT2D eigenvalue weighted by atomic mass is 9.82. The van der Waals surface area contributed by atoms with Gasteiger partial charge in [-0.3, -0.25) is 14.2 Å². The van der Waals surface area contributed by atoms with E-state index in [1.54, 1.807) is 6.07 Å². The number of alkyl halides is 2. The summed E-state index contributed by atoms with van der Waals surface area (Å²) in [4.78, 5) is 34.5. The quantitative estimate of drug-likeness (QED) is 0.577. The summed E-state index contributed by atoms with van der Waals surface area (Å²) >= 11 is 5.83. The van der Waals surface area contributed by atoms with Crippen molar-refractivity contribution in [2.45, 2.75) is 44.1 Å². The van der Waals surface area contributed by atoms with Crippen molar-refractivity contribution in [3.63, 3.8) is 0 Å². The lowest BCUT2D eigenvalue weighted by molar-refractivity contribution is -0.120. The highest BCUT2D eigenvalue weighted by Crippen LogP contribution is 2.39. The summed E-state index contributed by atoms with van der Waals surface area (Å²) in [5, 5.41) is 3.06. The number of anilines is 1. The first-order chi connectivity index (χ1) is 15.2. The number of halogens is 4. The maximum atomic E-state index is 13.7. The van der Waals surface area contributed by atoms with Crippen molar-refractivity contribution in [3.8, 4) is 0 Å². The fourth-order valence-corrected chi connectivity index (χ4v) is 4.10. The number of benzene rings is 1. The van der Waals surface area contributed by atoms with Crippen LogP contribution in [-0.4, -0.2) is 26.4 Å². The zero-order valence-electron chi connectivity index (χ0n) is 16.9. The largest absolute Gasteiger partial charge is 0.309 e. The minimum atomic E-state index is -2.71. The molecule has 2 aromatic heterocycles. The Morgan fingerprint density at radius 2 is 1.97 bits per heavy atom. The van der Waals surface area contributed by atoms with Crippen LogP contribution in [0.5, 0.6) is 0 Å². The molecule has 32 heavy (non-hydrogen) atoms. The van der Waals surface area contributed by atoms with Crippen LogP contribution in [0.2, 0.25) is 5.02 Å². The molecule has 1 amide bonds. The second-order valence-corrected chi connectivity index (χ2v) is 8.46. The van der Waals surface area contributed by atoms with Crippen molar-refractivity contribution in [2.75, 3.05) is 5.32 Å². The topological polar surface area (TPSA) is 76.9 Å². The van der Waals surface area contributed by atoms with Crippen LogP contribution in [0.25, 0.3) is 10.9 Å². The van der Waals surface area contributed by atoms with Gasteiger partial charge >= 0.3 is 0 Å². The molecular weight excluding hydrogens is 445 g/mol. The first-order valence-electron chi connectivity index (χ1n) is 10.2. The van der Waals surface area contributed by atoms with E-state index in [1.165, 1.54) is 30.7 Å². The Balaban J connectivity index is 1.67. The summed E-state index contributed by atoms with van der Waals surface area (Å²) in [6.45, 7) is 0. The number of aromatic nitrogens is 3. The molecule has 10 heteroatoms. The number of pyridine rings is 1. The second kappa shape index (κ2) is 8.90. The van der Waals surface area contributed by atoms with Gasteiger partial charge in [-0.15, -0.1) is 0 Å². The number of hydrogen-bond acceptors (Lipinski definition) is 4. The highest BCUT2D eigenvalue weighted by atomic mass is 35.5. The molecule has 1 aromatic carbocycles. The Morgan fingerprint density at radius 1 is 1.22 bits per heavy atom. The van der Waals surface area contributed by atoms with Crippen LogP contribution in [0.4, 0.5) is 19.0 Å². The fraction of sp³-hybridized carbons (Fsp3) is 0.364. The minimum absolute atomic E-state index is 0.0325. The van der Waals surface area contributed by atoms with Crippen LogP contribution >= 0.6 is 11.6 Å². The van der Waals surface area contributed by atoms with Crippen molar-refractivity contribution in [1.82, 2.24) is 14.5 Å². The molecule has 1 aliphatic rings. The third kappa shape index (κ3) is 4.93. The molecule has 6 nitrogen and oxygen atoms in total. The summed E-state index contributed by atoms with van der Waals surface area (Å²) in [7, 11) is 0. The van der Waals surface area contributed by atoms with Crippen LogP contribution in [0, 0.1) is 11.7 Å². The molecule has 1 saturated carbocycles. The number of carbonyl (C=O) groups is 1. The highest BCUT2D eigenvalue weighted by molar-refractivity contribution is 6.30. The molecule has 0 saturated heterocycles. The molecule has 4 rings (SSSR count). The van der Waals surface area contributed by atoms with Gasteiger partial charge in [-0.25, -0.2) is 23.1 Å². The van der Waals surface area contributed by atoms with Gasteiger partial charge in [0.15, 0.2) is 0 Å². The van der Waals surface area contributed by atoms with E-state index in [0.717, 1.165) is 10.6 Å². The lowest BCUT2D eigenvalue weighted by Gasteiger charge is -2.30. The lowest BCUT2D eigenvalue weighted by Crippen LogP contribution is -2.36. The molecule has 2 heterocycles. The monoisotopic (exact) mass is 464 g/mol. The Hall–Kier alpha value is -2.94. The van der Waals surface area contributed by atoms with E-state index in [1.807, 2.05) is 0 Å². The maximum absolute atomic E-state index is 13.7. The second-order valence-electron chi connectivity index (χ2n) is 8.02. The highest BCUT2D eigenvalue weighted by Gasteiger charge is 2.37. The Morgan fingerprint density at radius 3 is 2.66 bits per heavy atom. The van der Waals surface area contributed by atoms with Crippen molar-refractivity contribution < 1.29 is 18.0 Å². The molecule has 168 valence electrons. The van der Waals surface area contributed by atoms with Crippen LogP contribution in [0.15, 0.2) is 47.7 Å². The number of carbonyl (C=O) groups excluding carboxylic acids is 1. The van der Waals surface area contributed by atoms with Gasteiger partial charge in [-0.1, -0.05) is 11.6 Å². The molecule has 1 fully saturated rings. The summed E-state index contributed by atoms with van der Waals surface area (Å²) in [5.74, 6) is -3.81. The van der Waals surface area contributed by atoms with Gasteiger partial charge in [0.25, 0.3) is 5.56 Å². The average molecular weight is 465 g/mol. The average Bonchev–Trinajstić information content (AvgIpc) is 2.76. The predicted octanol–water partition coefficient (Wildman–Crippen LogP) is 4.98. The standard InChI is InChI=1S/C22H20ClF3N4O2/c23-14-1-4-19(27-11-14)29-20(31)18(9-13-5-7-22(25,26)8-6-13)30-12-28-17-3-2-15(24)10-16(17)21(30)32/h1-4,10-13,18H,5-9H2,(H,27,29,31). The normalized spacial score (nSPS) is 17.2. The molecule has 1 atom stereocenters. The van der Waals surface area contributed by atoms with E-state index in [4.69, 9.17) is 11.6 Å². The van der Waals surface area contributed by atoms with Crippen molar-refractivity contribution in [1.29, 1.82) is 0 Å². The number of fused-ring (bicyclic) bond motifs is 1. The number of rotatable bonds is 5. The molecule has 3 aromatic rings. The van der Waals surface area contributed by atoms with Crippen LogP contribution in [-0.2, 0) is 4.79 Å². The molecule has 0 spiro atoms. The summed E-state index contributed by atoms with van der Waals surface area (Å²) < 4.78 is 42.1. The minimum Gasteiger partial charge on any atom is -0.309 e. The van der Waals surface area contributed by atoms with E-state index in [9.17, 15) is 22.8 Å². The van der Waals surface area contributed by atoms with E-state index >= 15 is 0 Å². The predicted molar refractivity (Wildman–Crippen MR) is 114 cm³/mol. The molecule has 0 radical (unpaired) electrons. The van der Waals surface area contributed by atoms with E-state index in [2.05, 4.69) is 15.3 Å².